The van der Waals surface area contributed by atoms with Crippen molar-refractivity contribution >= 4 is 0 Å². The van der Waals surface area contributed by atoms with E-state index < -0.39 is 0 Å². The molecule has 0 aliphatic heterocycles. The van der Waals surface area contributed by atoms with Crippen LogP contribution in [0.4, 0.5) is 0 Å². The van der Waals surface area contributed by atoms with Crippen molar-refractivity contribution in [2.75, 3.05) is 0 Å². The summed E-state index contributed by atoms with van der Waals surface area (Å²) in [6.45, 7) is 7.09. The maximum Gasteiger partial charge on any atom is 0.0601 e. The number of aliphatic hydroxyl groups excluding tert-OH is 1. The molecule has 4 atom stereocenters. The number of aliphatic hydroxyl groups is 1. The van der Waals surface area contributed by atoms with Crippen molar-refractivity contribution in [3.8, 4) is 0 Å². The predicted octanol–water partition coefficient (Wildman–Crippen LogP) is 4.39. The molecule has 0 aromatic carbocycles. The minimum Gasteiger partial charge on any atom is -0.393 e. The minimum absolute atomic E-state index is 0.0342. The lowest BCUT2D eigenvalue weighted by atomic mass is 9.63. The van der Waals surface area contributed by atoms with Gasteiger partial charge in [0.1, 0.15) is 0 Å². The Hall–Kier alpha value is -0.0400. The molecule has 2 fully saturated rings. The third-order valence-corrected chi connectivity index (χ3v) is 5.46. The van der Waals surface area contributed by atoms with Crippen LogP contribution in [0.5, 0.6) is 0 Å². The molecule has 2 saturated carbocycles. The molecule has 0 spiro atoms. The molecule has 1 heteroatoms. The van der Waals surface area contributed by atoms with E-state index in [-0.39, 0.29) is 6.10 Å². The van der Waals surface area contributed by atoms with Crippen LogP contribution in [0.1, 0.15) is 72.1 Å². The molecule has 2 rings (SSSR count). The molecule has 0 heterocycles. The Kier molecular flexibility index (Phi) is 4.18. The van der Waals surface area contributed by atoms with Crippen molar-refractivity contribution < 1.29 is 5.11 Å². The molecule has 0 radical (unpaired) electrons. The van der Waals surface area contributed by atoms with Crippen molar-refractivity contribution in [3.63, 3.8) is 0 Å². The molecule has 2 aliphatic carbocycles. The predicted molar refractivity (Wildman–Crippen MR) is 72.9 cm³/mol. The van der Waals surface area contributed by atoms with Gasteiger partial charge in [-0.1, -0.05) is 46.5 Å². The van der Waals surface area contributed by atoms with Crippen LogP contribution in [-0.4, -0.2) is 11.2 Å². The summed E-state index contributed by atoms with van der Waals surface area (Å²) in [5, 5.41) is 10.8. The van der Waals surface area contributed by atoms with Crippen molar-refractivity contribution in [2.45, 2.75) is 78.2 Å². The molecule has 100 valence electrons. The Morgan fingerprint density at radius 3 is 2.47 bits per heavy atom. The fourth-order valence-electron chi connectivity index (χ4n) is 4.27. The lowest BCUT2D eigenvalue weighted by Gasteiger charge is -2.45. The van der Waals surface area contributed by atoms with Gasteiger partial charge >= 0.3 is 0 Å². The van der Waals surface area contributed by atoms with Gasteiger partial charge in [0, 0.05) is 0 Å². The van der Waals surface area contributed by atoms with E-state index in [1.807, 2.05) is 0 Å². The lowest BCUT2D eigenvalue weighted by molar-refractivity contribution is -0.0424. The van der Waals surface area contributed by atoms with Gasteiger partial charge in [-0.25, -0.2) is 0 Å². The highest BCUT2D eigenvalue weighted by atomic mass is 16.3. The van der Waals surface area contributed by atoms with E-state index >= 15 is 0 Å². The molecule has 1 N–H and O–H groups in total. The first kappa shape index (κ1) is 13.4. The largest absolute Gasteiger partial charge is 0.393 e. The molecule has 4 unspecified atom stereocenters. The fourth-order valence-corrected chi connectivity index (χ4v) is 4.27. The second-order valence-corrected chi connectivity index (χ2v) is 7.36. The molecule has 0 bridgehead atoms. The molecule has 17 heavy (non-hydrogen) atoms. The highest BCUT2D eigenvalue weighted by Gasteiger charge is 2.40. The van der Waals surface area contributed by atoms with E-state index in [9.17, 15) is 5.11 Å². The average molecular weight is 238 g/mol. The zero-order valence-corrected chi connectivity index (χ0v) is 11.9. The van der Waals surface area contributed by atoms with Crippen LogP contribution in [0.2, 0.25) is 0 Å². The van der Waals surface area contributed by atoms with Crippen molar-refractivity contribution in [3.05, 3.63) is 0 Å². The zero-order valence-electron chi connectivity index (χ0n) is 11.9. The number of hydrogen-bond acceptors (Lipinski definition) is 1. The second-order valence-electron chi connectivity index (χ2n) is 7.36. The monoisotopic (exact) mass is 238 g/mol. The van der Waals surface area contributed by atoms with Gasteiger partial charge in [-0.15, -0.1) is 0 Å². The van der Waals surface area contributed by atoms with Gasteiger partial charge in [0.05, 0.1) is 6.10 Å². The van der Waals surface area contributed by atoms with Gasteiger partial charge < -0.3 is 5.11 Å². The maximum atomic E-state index is 10.8. The molecule has 0 aromatic heterocycles. The van der Waals surface area contributed by atoms with E-state index in [0.29, 0.717) is 17.3 Å². The smallest absolute Gasteiger partial charge is 0.0601 e. The topological polar surface area (TPSA) is 20.2 Å². The molecule has 0 aromatic rings. The Morgan fingerprint density at radius 1 is 1.06 bits per heavy atom. The van der Waals surface area contributed by atoms with Gasteiger partial charge in [-0.05, 0) is 48.9 Å². The van der Waals surface area contributed by atoms with Crippen LogP contribution in [0, 0.1) is 23.2 Å². The Morgan fingerprint density at radius 2 is 1.82 bits per heavy atom. The quantitative estimate of drug-likeness (QED) is 0.756. The van der Waals surface area contributed by atoms with Crippen LogP contribution in [0.15, 0.2) is 0 Å². The van der Waals surface area contributed by atoms with E-state index in [4.69, 9.17) is 0 Å². The first-order valence-corrected chi connectivity index (χ1v) is 7.69. The molecule has 0 saturated heterocycles. The summed E-state index contributed by atoms with van der Waals surface area (Å²) in [7, 11) is 0. The average Bonchev–Trinajstić information content (AvgIpc) is 2.27. The third-order valence-electron chi connectivity index (χ3n) is 5.46. The van der Waals surface area contributed by atoms with E-state index in [2.05, 4.69) is 20.8 Å². The summed E-state index contributed by atoms with van der Waals surface area (Å²) < 4.78 is 0. The van der Waals surface area contributed by atoms with Crippen LogP contribution < -0.4 is 0 Å². The van der Waals surface area contributed by atoms with Crippen LogP contribution in [0.3, 0.4) is 0 Å². The summed E-state index contributed by atoms with van der Waals surface area (Å²) in [6.07, 6.45) is 10.4. The van der Waals surface area contributed by atoms with Gasteiger partial charge in [0.25, 0.3) is 0 Å². The zero-order chi connectivity index (χ0) is 12.5. The molecule has 0 amide bonds. The lowest BCUT2D eigenvalue weighted by Crippen LogP contribution is -2.41. The molecule has 2 aliphatic rings. The van der Waals surface area contributed by atoms with Gasteiger partial charge in [-0.2, -0.15) is 0 Å². The number of hydrogen-bond donors (Lipinski definition) is 1. The summed E-state index contributed by atoms with van der Waals surface area (Å²) in [4.78, 5) is 0. The van der Waals surface area contributed by atoms with E-state index in [0.717, 1.165) is 5.92 Å². The molecule has 1 nitrogen and oxygen atoms in total. The standard InChI is InChI=1S/C16H30O/c1-12-7-6-8-13(11-12)15(17)14-9-4-5-10-16(14,2)3/h12-15,17H,4-11H2,1-3H3. The Bertz CT molecular complexity index is 246. The summed E-state index contributed by atoms with van der Waals surface area (Å²) in [6, 6.07) is 0. The van der Waals surface area contributed by atoms with Gasteiger partial charge in [-0.3, -0.25) is 0 Å². The van der Waals surface area contributed by atoms with Crippen LogP contribution in [0.25, 0.3) is 0 Å². The maximum absolute atomic E-state index is 10.8. The summed E-state index contributed by atoms with van der Waals surface area (Å²) >= 11 is 0. The van der Waals surface area contributed by atoms with E-state index in [1.54, 1.807) is 0 Å². The van der Waals surface area contributed by atoms with Gasteiger partial charge in [0.2, 0.25) is 0 Å². The Balaban J connectivity index is 2.00. The third kappa shape index (κ3) is 3.05. The Labute approximate surface area is 107 Å². The minimum atomic E-state index is -0.0342. The normalized spacial score (nSPS) is 39.9. The van der Waals surface area contributed by atoms with E-state index in [1.165, 1.54) is 51.4 Å². The van der Waals surface area contributed by atoms with Crippen molar-refractivity contribution in [1.29, 1.82) is 0 Å². The van der Waals surface area contributed by atoms with Crippen LogP contribution in [-0.2, 0) is 0 Å². The highest BCUT2D eigenvalue weighted by Crippen LogP contribution is 2.46. The highest BCUT2D eigenvalue weighted by molar-refractivity contribution is 4.91. The number of rotatable bonds is 2. The molecular formula is C16H30O. The summed E-state index contributed by atoms with van der Waals surface area (Å²) in [5.74, 6) is 1.96. The SMILES string of the molecule is CC1CCCC(C(O)C2CCCCC2(C)C)C1. The first-order chi connectivity index (χ1) is 8.00. The fraction of sp³-hybridized carbons (Fsp3) is 1.00. The van der Waals surface area contributed by atoms with Crippen LogP contribution >= 0.6 is 0 Å². The second kappa shape index (κ2) is 5.30. The first-order valence-electron chi connectivity index (χ1n) is 7.69. The van der Waals surface area contributed by atoms with Crippen molar-refractivity contribution in [2.24, 2.45) is 23.2 Å². The summed E-state index contributed by atoms with van der Waals surface area (Å²) in [5.41, 5.74) is 0.359. The van der Waals surface area contributed by atoms with Crippen molar-refractivity contribution in [1.82, 2.24) is 0 Å². The van der Waals surface area contributed by atoms with Gasteiger partial charge in [0.15, 0.2) is 0 Å². The molecular weight excluding hydrogens is 208 g/mol.